The van der Waals surface area contributed by atoms with Crippen LogP contribution in [0.2, 0.25) is 0 Å². The molecule has 1 heterocycles. The molecule has 0 saturated carbocycles. The minimum Gasteiger partial charge on any atom is -0.344 e. The smallest absolute Gasteiger partial charge is 0.227 e. The monoisotopic (exact) mass is 311 g/mol. The number of hydrogen-bond acceptors (Lipinski definition) is 3. The van der Waals surface area contributed by atoms with Gasteiger partial charge in [-0.2, -0.15) is 0 Å². The van der Waals surface area contributed by atoms with Crippen molar-refractivity contribution in [3.8, 4) is 0 Å². The Kier molecular flexibility index (Phi) is 5.07. The molecule has 1 aliphatic rings. The van der Waals surface area contributed by atoms with Crippen molar-refractivity contribution in [3.63, 3.8) is 0 Å². The van der Waals surface area contributed by atoms with Gasteiger partial charge in [-0.15, -0.1) is 0 Å². The Balaban J connectivity index is 2.09. The lowest BCUT2D eigenvalue weighted by atomic mass is 10.1. The standard InChI is InChI=1S/C15H19F2N3O2/c1-18-5-6-19(2)15(22)10-7-14(21)20(9-10)13-4-3-11(16)8-12(13)17/h3-4,8,10,18H,5-7,9H2,1-2H3. The van der Waals surface area contributed by atoms with Crippen LogP contribution in [0.1, 0.15) is 6.42 Å². The summed E-state index contributed by atoms with van der Waals surface area (Å²) >= 11 is 0. The number of rotatable bonds is 5. The van der Waals surface area contributed by atoms with Crippen molar-refractivity contribution in [1.82, 2.24) is 10.2 Å². The minimum absolute atomic E-state index is 0.0135. The summed E-state index contributed by atoms with van der Waals surface area (Å²) < 4.78 is 26.7. The Hall–Kier alpha value is -2.02. The van der Waals surface area contributed by atoms with Crippen LogP contribution in [-0.2, 0) is 9.59 Å². The minimum atomic E-state index is -0.801. The summed E-state index contributed by atoms with van der Waals surface area (Å²) in [6.45, 7) is 1.30. The highest BCUT2D eigenvalue weighted by molar-refractivity contribution is 6.00. The molecule has 7 heteroatoms. The van der Waals surface area contributed by atoms with E-state index in [0.29, 0.717) is 13.1 Å². The highest BCUT2D eigenvalue weighted by atomic mass is 19.1. The first-order valence-electron chi connectivity index (χ1n) is 7.09. The largest absolute Gasteiger partial charge is 0.344 e. The molecule has 0 radical (unpaired) electrons. The maximum Gasteiger partial charge on any atom is 0.227 e. The summed E-state index contributed by atoms with van der Waals surface area (Å²) in [5, 5.41) is 2.94. The molecule has 1 aromatic carbocycles. The molecule has 1 unspecified atom stereocenters. The molecule has 120 valence electrons. The van der Waals surface area contributed by atoms with E-state index in [4.69, 9.17) is 0 Å². The number of likely N-dealkylation sites (N-methyl/N-ethyl adjacent to an activating group) is 2. The molecule has 0 aromatic heterocycles. The van der Waals surface area contributed by atoms with Gasteiger partial charge in [0.2, 0.25) is 11.8 Å². The quantitative estimate of drug-likeness (QED) is 0.882. The molecule has 1 saturated heterocycles. The first-order valence-corrected chi connectivity index (χ1v) is 7.09. The molecule has 2 rings (SSSR count). The molecular formula is C15H19F2N3O2. The average Bonchev–Trinajstić information content (AvgIpc) is 2.85. The van der Waals surface area contributed by atoms with Crippen LogP contribution in [0.25, 0.3) is 0 Å². The van der Waals surface area contributed by atoms with Gasteiger partial charge in [-0.05, 0) is 19.2 Å². The van der Waals surface area contributed by atoms with Crippen LogP contribution in [0, 0.1) is 17.6 Å². The zero-order valence-electron chi connectivity index (χ0n) is 12.6. The maximum absolute atomic E-state index is 13.8. The predicted molar refractivity (Wildman–Crippen MR) is 78.4 cm³/mol. The molecule has 1 aromatic rings. The number of amides is 2. The molecule has 0 aliphatic carbocycles. The Morgan fingerprint density at radius 3 is 2.82 bits per heavy atom. The lowest BCUT2D eigenvalue weighted by Gasteiger charge is -2.21. The fourth-order valence-electron chi connectivity index (χ4n) is 2.51. The number of nitrogens with one attached hydrogen (secondary N) is 1. The average molecular weight is 311 g/mol. The van der Waals surface area contributed by atoms with Gasteiger partial charge in [-0.25, -0.2) is 8.78 Å². The van der Waals surface area contributed by atoms with E-state index >= 15 is 0 Å². The van der Waals surface area contributed by atoms with Gasteiger partial charge >= 0.3 is 0 Å². The lowest BCUT2D eigenvalue weighted by molar-refractivity contribution is -0.134. The van der Waals surface area contributed by atoms with Crippen LogP contribution in [0.5, 0.6) is 0 Å². The van der Waals surface area contributed by atoms with E-state index in [1.54, 1.807) is 19.0 Å². The third kappa shape index (κ3) is 3.41. The van der Waals surface area contributed by atoms with Crippen molar-refractivity contribution in [2.24, 2.45) is 5.92 Å². The SMILES string of the molecule is CNCCN(C)C(=O)C1CC(=O)N(c2ccc(F)cc2F)C1. The summed E-state index contributed by atoms with van der Waals surface area (Å²) in [4.78, 5) is 27.1. The van der Waals surface area contributed by atoms with Crippen molar-refractivity contribution in [2.75, 3.05) is 38.6 Å². The second-order valence-corrected chi connectivity index (χ2v) is 5.36. The Labute approximate surface area is 127 Å². The highest BCUT2D eigenvalue weighted by Gasteiger charge is 2.37. The van der Waals surface area contributed by atoms with E-state index in [9.17, 15) is 18.4 Å². The number of benzene rings is 1. The molecule has 0 spiro atoms. The van der Waals surface area contributed by atoms with E-state index < -0.39 is 17.6 Å². The fourth-order valence-corrected chi connectivity index (χ4v) is 2.51. The molecule has 1 aliphatic heterocycles. The number of nitrogens with zero attached hydrogens (tertiary/aromatic N) is 2. The molecule has 5 nitrogen and oxygen atoms in total. The third-order valence-electron chi connectivity index (χ3n) is 3.75. The van der Waals surface area contributed by atoms with Crippen molar-refractivity contribution >= 4 is 17.5 Å². The van der Waals surface area contributed by atoms with Crippen LogP contribution in [0.4, 0.5) is 14.5 Å². The molecule has 0 bridgehead atoms. The van der Waals surface area contributed by atoms with Gasteiger partial charge in [-0.1, -0.05) is 0 Å². The summed E-state index contributed by atoms with van der Waals surface area (Å²) in [7, 11) is 3.46. The second kappa shape index (κ2) is 6.83. The first kappa shape index (κ1) is 16.4. The van der Waals surface area contributed by atoms with Crippen molar-refractivity contribution in [3.05, 3.63) is 29.8 Å². The summed E-state index contributed by atoms with van der Waals surface area (Å²) in [6, 6.07) is 3.05. The first-order chi connectivity index (χ1) is 10.4. The van der Waals surface area contributed by atoms with Crippen molar-refractivity contribution < 1.29 is 18.4 Å². The predicted octanol–water partition coefficient (Wildman–Crippen LogP) is 0.996. The van der Waals surface area contributed by atoms with E-state index in [2.05, 4.69) is 5.32 Å². The second-order valence-electron chi connectivity index (χ2n) is 5.36. The molecular weight excluding hydrogens is 292 g/mol. The van der Waals surface area contributed by atoms with Gasteiger partial charge in [0, 0.05) is 39.2 Å². The number of hydrogen-bond donors (Lipinski definition) is 1. The number of carbonyl (C=O) groups excluding carboxylic acids is 2. The summed E-state index contributed by atoms with van der Waals surface area (Å²) in [6.07, 6.45) is 0.0412. The van der Waals surface area contributed by atoms with Crippen molar-refractivity contribution in [2.45, 2.75) is 6.42 Å². The van der Waals surface area contributed by atoms with Gasteiger partial charge in [0.1, 0.15) is 11.6 Å². The van der Waals surface area contributed by atoms with Gasteiger partial charge < -0.3 is 15.1 Å². The third-order valence-corrected chi connectivity index (χ3v) is 3.75. The van der Waals surface area contributed by atoms with Gasteiger partial charge in [-0.3, -0.25) is 9.59 Å². The maximum atomic E-state index is 13.8. The van der Waals surface area contributed by atoms with Crippen LogP contribution < -0.4 is 10.2 Å². The van der Waals surface area contributed by atoms with Crippen LogP contribution in [0.3, 0.4) is 0 Å². The Morgan fingerprint density at radius 1 is 1.45 bits per heavy atom. The van der Waals surface area contributed by atoms with E-state index in [1.807, 2.05) is 0 Å². The van der Waals surface area contributed by atoms with Gasteiger partial charge in [0.25, 0.3) is 0 Å². The van der Waals surface area contributed by atoms with Crippen molar-refractivity contribution in [1.29, 1.82) is 0 Å². The van der Waals surface area contributed by atoms with E-state index in [1.165, 1.54) is 11.0 Å². The topological polar surface area (TPSA) is 52.7 Å². The van der Waals surface area contributed by atoms with Crippen LogP contribution >= 0.6 is 0 Å². The molecule has 22 heavy (non-hydrogen) atoms. The molecule has 1 fully saturated rings. The number of carbonyl (C=O) groups is 2. The molecule has 2 amide bonds. The zero-order valence-corrected chi connectivity index (χ0v) is 12.6. The van der Waals surface area contributed by atoms with E-state index in [0.717, 1.165) is 12.1 Å². The van der Waals surface area contributed by atoms with Crippen LogP contribution in [-0.4, -0.2) is 50.4 Å². The zero-order chi connectivity index (χ0) is 16.3. The highest BCUT2D eigenvalue weighted by Crippen LogP contribution is 2.28. The van der Waals surface area contributed by atoms with E-state index in [-0.39, 0.29) is 30.5 Å². The number of anilines is 1. The number of halogens is 2. The van der Waals surface area contributed by atoms with Crippen LogP contribution in [0.15, 0.2) is 18.2 Å². The Bertz CT molecular complexity index is 580. The van der Waals surface area contributed by atoms with Gasteiger partial charge in [0.15, 0.2) is 0 Å². The molecule has 1 N–H and O–H groups in total. The fraction of sp³-hybridized carbons (Fsp3) is 0.467. The molecule has 1 atom stereocenters. The summed E-state index contributed by atoms with van der Waals surface area (Å²) in [5.41, 5.74) is 0.0135. The lowest BCUT2D eigenvalue weighted by Crippen LogP contribution is -2.38. The normalized spacial score (nSPS) is 17.9. The Morgan fingerprint density at radius 2 is 2.18 bits per heavy atom. The summed E-state index contributed by atoms with van der Waals surface area (Å²) in [5.74, 6) is -2.48. The van der Waals surface area contributed by atoms with Gasteiger partial charge in [0.05, 0.1) is 11.6 Å².